The van der Waals surface area contributed by atoms with Gasteiger partial charge in [0.25, 0.3) is 0 Å². The van der Waals surface area contributed by atoms with Crippen molar-refractivity contribution in [3.05, 3.63) is 18.2 Å². The van der Waals surface area contributed by atoms with Crippen LogP contribution in [0.2, 0.25) is 0 Å². The van der Waals surface area contributed by atoms with Crippen LogP contribution in [0.5, 0.6) is 5.75 Å². The van der Waals surface area contributed by atoms with Crippen molar-refractivity contribution in [2.45, 2.75) is 37.5 Å². The Morgan fingerprint density at radius 1 is 1.33 bits per heavy atom. The average molecular weight is 312 g/mol. The van der Waals surface area contributed by atoms with Crippen LogP contribution in [0.1, 0.15) is 32.6 Å². The van der Waals surface area contributed by atoms with E-state index in [-0.39, 0.29) is 4.90 Å². The molecule has 0 aliphatic carbocycles. The number of benzene rings is 1. The summed E-state index contributed by atoms with van der Waals surface area (Å²) in [6, 6.07) is 4.65. The summed E-state index contributed by atoms with van der Waals surface area (Å²) in [7, 11) is -1.95. The maximum Gasteiger partial charge on any atom is 0.243 e. The van der Waals surface area contributed by atoms with E-state index in [0.29, 0.717) is 30.4 Å². The van der Waals surface area contributed by atoms with E-state index in [0.717, 1.165) is 25.7 Å². The number of ether oxygens (including phenoxy) is 1. The van der Waals surface area contributed by atoms with Crippen molar-refractivity contribution in [3.8, 4) is 5.75 Å². The summed E-state index contributed by atoms with van der Waals surface area (Å²) in [5.74, 6) is 1.13. The molecular weight excluding hydrogens is 288 g/mol. The van der Waals surface area contributed by atoms with Gasteiger partial charge in [-0.2, -0.15) is 4.31 Å². The molecule has 0 saturated carbocycles. The molecule has 0 spiro atoms. The van der Waals surface area contributed by atoms with Crippen LogP contribution in [0, 0.1) is 5.92 Å². The van der Waals surface area contributed by atoms with Crippen molar-refractivity contribution < 1.29 is 13.2 Å². The fraction of sp³-hybridized carbons (Fsp3) is 0.600. The van der Waals surface area contributed by atoms with Gasteiger partial charge in [0.05, 0.1) is 17.7 Å². The van der Waals surface area contributed by atoms with E-state index in [1.54, 1.807) is 16.4 Å². The molecule has 2 rings (SSSR count). The Balaban J connectivity index is 2.23. The van der Waals surface area contributed by atoms with Crippen molar-refractivity contribution in [2.24, 2.45) is 5.92 Å². The van der Waals surface area contributed by atoms with Crippen LogP contribution in [0.4, 0.5) is 5.69 Å². The molecular formula is C15H24N2O3S. The van der Waals surface area contributed by atoms with Crippen molar-refractivity contribution in [2.75, 3.05) is 25.9 Å². The van der Waals surface area contributed by atoms with Gasteiger partial charge in [-0.05, 0) is 43.4 Å². The molecule has 1 fully saturated rings. The number of nitrogens with zero attached hydrogens (tertiary/aromatic N) is 1. The third-order valence-electron chi connectivity index (χ3n) is 4.22. The average Bonchev–Trinajstić information content (AvgIpc) is 2.72. The lowest BCUT2D eigenvalue weighted by atomic mass is 9.98. The number of methoxy groups -OCH3 is 1. The van der Waals surface area contributed by atoms with Gasteiger partial charge in [-0.15, -0.1) is 0 Å². The Hall–Kier alpha value is -1.27. The zero-order valence-corrected chi connectivity index (χ0v) is 13.5. The highest BCUT2D eigenvalue weighted by Crippen LogP contribution is 2.28. The van der Waals surface area contributed by atoms with Crippen LogP contribution < -0.4 is 10.5 Å². The Labute approximate surface area is 127 Å². The first-order chi connectivity index (χ1) is 9.98. The Kier molecular flexibility index (Phi) is 5.11. The number of sulfonamides is 1. The molecule has 1 aliphatic rings. The second-order valence-electron chi connectivity index (χ2n) is 5.51. The van der Waals surface area contributed by atoms with Crippen molar-refractivity contribution in [1.29, 1.82) is 0 Å². The van der Waals surface area contributed by atoms with Gasteiger partial charge in [-0.25, -0.2) is 8.42 Å². The van der Waals surface area contributed by atoms with E-state index in [2.05, 4.69) is 6.92 Å². The van der Waals surface area contributed by atoms with E-state index in [1.807, 2.05) is 0 Å². The van der Waals surface area contributed by atoms with Crippen LogP contribution in [0.3, 0.4) is 0 Å². The molecule has 1 heterocycles. The normalized spacial score (nSPS) is 21.0. The van der Waals surface area contributed by atoms with Gasteiger partial charge >= 0.3 is 0 Å². The van der Waals surface area contributed by atoms with Gasteiger partial charge in [0.1, 0.15) is 5.75 Å². The van der Waals surface area contributed by atoms with Gasteiger partial charge < -0.3 is 10.5 Å². The number of nitrogen functional groups attached to an aromatic ring is 1. The lowest BCUT2D eigenvalue weighted by molar-refractivity contribution is 0.406. The predicted molar refractivity (Wildman–Crippen MR) is 83.8 cm³/mol. The third-order valence-corrected chi connectivity index (χ3v) is 6.12. The maximum atomic E-state index is 12.7. The van der Waals surface area contributed by atoms with Crippen molar-refractivity contribution in [1.82, 2.24) is 4.31 Å². The van der Waals surface area contributed by atoms with Crippen molar-refractivity contribution in [3.63, 3.8) is 0 Å². The van der Waals surface area contributed by atoms with E-state index >= 15 is 0 Å². The van der Waals surface area contributed by atoms with Crippen LogP contribution in [0.15, 0.2) is 23.1 Å². The Bertz CT molecular complexity index is 587. The monoisotopic (exact) mass is 312 g/mol. The minimum Gasteiger partial charge on any atom is -0.495 e. The maximum absolute atomic E-state index is 12.7. The van der Waals surface area contributed by atoms with Gasteiger partial charge in [0.15, 0.2) is 0 Å². The molecule has 0 aromatic heterocycles. The van der Waals surface area contributed by atoms with E-state index in [1.165, 1.54) is 13.2 Å². The summed E-state index contributed by atoms with van der Waals surface area (Å²) < 4.78 is 32.1. The smallest absolute Gasteiger partial charge is 0.243 e. The quantitative estimate of drug-likeness (QED) is 0.867. The standard InChI is InChI=1S/C15H24N2O3S/c1-3-12-5-4-9-17(10-8-12)21(18,19)13-6-7-15(20-2)14(16)11-13/h6-7,11-12H,3-5,8-10,16H2,1-2H3. The topological polar surface area (TPSA) is 72.6 Å². The first-order valence-electron chi connectivity index (χ1n) is 7.42. The fourth-order valence-corrected chi connectivity index (χ4v) is 4.34. The summed E-state index contributed by atoms with van der Waals surface area (Å²) in [6.07, 6.45) is 4.07. The van der Waals surface area contributed by atoms with Crippen LogP contribution in [0.25, 0.3) is 0 Å². The summed E-state index contributed by atoms with van der Waals surface area (Å²) in [6.45, 7) is 3.34. The largest absolute Gasteiger partial charge is 0.495 e. The van der Waals surface area contributed by atoms with E-state index in [9.17, 15) is 8.42 Å². The molecule has 0 bridgehead atoms. The first-order valence-corrected chi connectivity index (χ1v) is 8.86. The molecule has 5 nitrogen and oxygen atoms in total. The zero-order chi connectivity index (χ0) is 15.5. The summed E-state index contributed by atoms with van der Waals surface area (Å²) in [5, 5.41) is 0. The van der Waals surface area contributed by atoms with Crippen LogP contribution in [-0.2, 0) is 10.0 Å². The van der Waals surface area contributed by atoms with Crippen LogP contribution in [-0.4, -0.2) is 32.9 Å². The zero-order valence-electron chi connectivity index (χ0n) is 12.7. The molecule has 2 N–H and O–H groups in total. The number of rotatable bonds is 4. The highest BCUT2D eigenvalue weighted by molar-refractivity contribution is 7.89. The molecule has 118 valence electrons. The highest BCUT2D eigenvalue weighted by atomic mass is 32.2. The van der Waals surface area contributed by atoms with Gasteiger partial charge in [0, 0.05) is 13.1 Å². The first kappa shape index (κ1) is 16.1. The molecule has 21 heavy (non-hydrogen) atoms. The van der Waals surface area contributed by atoms with Crippen LogP contribution >= 0.6 is 0 Å². The molecule has 1 aromatic carbocycles. The molecule has 1 saturated heterocycles. The molecule has 1 atom stereocenters. The predicted octanol–water partition coefficient (Wildman–Crippen LogP) is 2.48. The summed E-state index contributed by atoms with van der Waals surface area (Å²) in [5.41, 5.74) is 6.17. The Morgan fingerprint density at radius 3 is 2.71 bits per heavy atom. The minimum absolute atomic E-state index is 0.246. The SMILES string of the molecule is CCC1CCCN(S(=O)(=O)c2ccc(OC)c(N)c2)CC1. The highest BCUT2D eigenvalue weighted by Gasteiger charge is 2.27. The third kappa shape index (κ3) is 3.49. The fourth-order valence-electron chi connectivity index (χ4n) is 2.81. The van der Waals surface area contributed by atoms with Gasteiger partial charge in [-0.3, -0.25) is 0 Å². The van der Waals surface area contributed by atoms with Gasteiger partial charge in [-0.1, -0.05) is 13.3 Å². The molecule has 6 heteroatoms. The lowest BCUT2D eigenvalue weighted by Crippen LogP contribution is -2.32. The number of hydrogen-bond acceptors (Lipinski definition) is 4. The molecule has 1 aliphatic heterocycles. The second-order valence-corrected chi connectivity index (χ2v) is 7.45. The molecule has 0 amide bonds. The van der Waals surface area contributed by atoms with E-state index < -0.39 is 10.0 Å². The number of anilines is 1. The van der Waals surface area contributed by atoms with Gasteiger partial charge in [0.2, 0.25) is 10.0 Å². The molecule has 1 unspecified atom stereocenters. The number of hydrogen-bond donors (Lipinski definition) is 1. The number of nitrogens with two attached hydrogens (primary N) is 1. The summed E-state index contributed by atoms with van der Waals surface area (Å²) >= 11 is 0. The second kappa shape index (κ2) is 6.66. The summed E-state index contributed by atoms with van der Waals surface area (Å²) in [4.78, 5) is 0.246. The molecule has 1 aromatic rings. The molecule has 0 radical (unpaired) electrons. The Morgan fingerprint density at radius 2 is 2.10 bits per heavy atom. The minimum atomic E-state index is -3.47. The van der Waals surface area contributed by atoms with E-state index in [4.69, 9.17) is 10.5 Å². The van der Waals surface area contributed by atoms with Crippen molar-refractivity contribution >= 4 is 15.7 Å². The lowest BCUT2D eigenvalue weighted by Gasteiger charge is -2.20.